The molecule has 3 nitrogen and oxygen atoms in total. The molecule has 24 heavy (non-hydrogen) atoms. The number of nitrogens with zero attached hydrogens (tertiary/aromatic N) is 2. The van der Waals surface area contributed by atoms with Gasteiger partial charge in [-0.1, -0.05) is 36.4 Å². The van der Waals surface area contributed by atoms with Crippen molar-refractivity contribution in [1.82, 2.24) is 4.98 Å². The molecule has 0 bridgehead atoms. The summed E-state index contributed by atoms with van der Waals surface area (Å²) in [7, 11) is 0. The summed E-state index contributed by atoms with van der Waals surface area (Å²) < 4.78 is 0. The van der Waals surface area contributed by atoms with E-state index in [9.17, 15) is 4.79 Å². The summed E-state index contributed by atoms with van der Waals surface area (Å²) in [6, 6.07) is 11.9. The molecule has 0 atom stereocenters. The Kier molecular flexibility index (Phi) is 4.92. The molecule has 0 saturated heterocycles. The van der Waals surface area contributed by atoms with Crippen molar-refractivity contribution >= 4 is 33.7 Å². The second-order valence-electron chi connectivity index (χ2n) is 5.41. The maximum Gasteiger partial charge on any atom is 0.261 e. The first-order chi connectivity index (χ1) is 11.6. The molecule has 0 aliphatic heterocycles. The molecule has 0 N–H and O–H groups in total. The highest BCUT2D eigenvalue weighted by atomic mass is 32.1. The molecule has 0 saturated carbocycles. The van der Waals surface area contributed by atoms with Gasteiger partial charge in [0.2, 0.25) is 0 Å². The van der Waals surface area contributed by atoms with Gasteiger partial charge in [-0.25, -0.2) is 4.98 Å². The topological polar surface area (TPSA) is 33.2 Å². The zero-order valence-electron chi connectivity index (χ0n) is 13.7. The van der Waals surface area contributed by atoms with Crippen molar-refractivity contribution in [1.29, 1.82) is 0 Å². The van der Waals surface area contributed by atoms with Crippen molar-refractivity contribution in [3.8, 4) is 11.3 Å². The summed E-state index contributed by atoms with van der Waals surface area (Å²) in [6.07, 6.45) is 1.73. The van der Waals surface area contributed by atoms with E-state index in [0.717, 1.165) is 26.6 Å². The summed E-state index contributed by atoms with van der Waals surface area (Å²) in [5.41, 5.74) is 2.68. The van der Waals surface area contributed by atoms with Crippen LogP contribution in [0, 0.1) is 13.8 Å². The van der Waals surface area contributed by atoms with E-state index in [1.807, 2.05) is 55.6 Å². The van der Waals surface area contributed by atoms with Crippen molar-refractivity contribution < 1.29 is 4.79 Å². The zero-order valence-corrected chi connectivity index (χ0v) is 15.3. The van der Waals surface area contributed by atoms with Crippen LogP contribution in [0.1, 0.15) is 20.1 Å². The minimum Gasteiger partial charge on any atom is -0.280 e. The molecule has 1 amide bonds. The van der Waals surface area contributed by atoms with Gasteiger partial charge in [0, 0.05) is 27.2 Å². The molecule has 0 aliphatic rings. The number of thiophene rings is 1. The summed E-state index contributed by atoms with van der Waals surface area (Å²) in [4.78, 5) is 21.5. The Labute approximate surface area is 149 Å². The third-order valence-corrected chi connectivity index (χ3v) is 5.45. The number of aromatic nitrogens is 1. The van der Waals surface area contributed by atoms with Crippen LogP contribution >= 0.6 is 22.7 Å². The van der Waals surface area contributed by atoms with Gasteiger partial charge in [-0.15, -0.1) is 29.3 Å². The molecule has 0 aliphatic carbocycles. The number of hydrogen-bond donors (Lipinski definition) is 0. The van der Waals surface area contributed by atoms with E-state index in [4.69, 9.17) is 0 Å². The molecular formula is C19H18N2OS2. The van der Waals surface area contributed by atoms with Crippen molar-refractivity contribution in [2.75, 3.05) is 11.4 Å². The summed E-state index contributed by atoms with van der Waals surface area (Å²) in [5.74, 6) is -0.0225. The number of aryl methyl sites for hydroxylation is 2. The minimum atomic E-state index is -0.0225. The number of benzene rings is 1. The van der Waals surface area contributed by atoms with E-state index < -0.39 is 0 Å². The summed E-state index contributed by atoms with van der Waals surface area (Å²) in [6.45, 7) is 8.22. The van der Waals surface area contributed by atoms with E-state index >= 15 is 0 Å². The normalized spacial score (nSPS) is 10.6. The second-order valence-corrected chi connectivity index (χ2v) is 7.71. The van der Waals surface area contributed by atoms with E-state index in [-0.39, 0.29) is 5.91 Å². The fourth-order valence-corrected chi connectivity index (χ4v) is 4.25. The molecular weight excluding hydrogens is 336 g/mol. The Morgan fingerprint density at radius 2 is 2.04 bits per heavy atom. The van der Waals surface area contributed by atoms with Gasteiger partial charge in [0.1, 0.15) is 0 Å². The highest BCUT2D eigenvalue weighted by molar-refractivity contribution is 7.14. The van der Waals surface area contributed by atoms with Crippen LogP contribution in [0.3, 0.4) is 0 Å². The average molecular weight is 354 g/mol. The van der Waals surface area contributed by atoms with Gasteiger partial charge in [-0.2, -0.15) is 0 Å². The molecule has 3 aromatic rings. The average Bonchev–Trinajstić information content (AvgIpc) is 3.19. The Morgan fingerprint density at radius 1 is 1.29 bits per heavy atom. The van der Waals surface area contributed by atoms with Gasteiger partial charge < -0.3 is 0 Å². The fraction of sp³-hybridized carbons (Fsp3) is 0.158. The second kappa shape index (κ2) is 7.11. The molecule has 1 aromatic carbocycles. The Hall–Kier alpha value is -2.24. The number of carbonyl (C=O) groups is 1. The number of amides is 1. The van der Waals surface area contributed by atoms with Crippen LogP contribution in [-0.2, 0) is 0 Å². The summed E-state index contributed by atoms with van der Waals surface area (Å²) >= 11 is 3.12. The quantitative estimate of drug-likeness (QED) is 0.581. The van der Waals surface area contributed by atoms with E-state index in [2.05, 4.69) is 11.6 Å². The molecule has 0 unspecified atom stereocenters. The largest absolute Gasteiger partial charge is 0.280 e. The fourth-order valence-electron chi connectivity index (χ4n) is 2.50. The first kappa shape index (κ1) is 16.6. The SMILES string of the molecule is C=CCN(C(=O)c1cc(C)sc1C)c1nc(-c2ccccc2)cs1. The van der Waals surface area contributed by atoms with Gasteiger partial charge in [0.05, 0.1) is 11.3 Å². The van der Waals surface area contributed by atoms with Crippen LogP contribution in [0.25, 0.3) is 11.3 Å². The predicted molar refractivity (Wildman–Crippen MR) is 103 cm³/mol. The molecule has 0 radical (unpaired) electrons. The molecule has 5 heteroatoms. The van der Waals surface area contributed by atoms with Gasteiger partial charge in [-0.05, 0) is 19.9 Å². The molecule has 2 heterocycles. The summed E-state index contributed by atoms with van der Waals surface area (Å²) in [5, 5.41) is 2.68. The monoisotopic (exact) mass is 354 g/mol. The number of anilines is 1. The predicted octanol–water partition coefficient (Wildman–Crippen LogP) is 5.32. The van der Waals surface area contributed by atoms with Gasteiger partial charge in [0.15, 0.2) is 5.13 Å². The standard InChI is InChI=1S/C19H18N2OS2/c1-4-10-21(18(22)16-11-13(2)24-14(16)3)19-20-17(12-23-19)15-8-6-5-7-9-15/h4-9,11-12H,1,10H2,2-3H3. The minimum absolute atomic E-state index is 0.0225. The van der Waals surface area contributed by atoms with Crippen LogP contribution in [0.5, 0.6) is 0 Å². The molecule has 2 aromatic heterocycles. The van der Waals surface area contributed by atoms with Crippen molar-refractivity contribution in [2.45, 2.75) is 13.8 Å². The van der Waals surface area contributed by atoms with Crippen molar-refractivity contribution in [3.63, 3.8) is 0 Å². The van der Waals surface area contributed by atoms with Gasteiger partial charge in [-0.3, -0.25) is 9.69 Å². The van der Waals surface area contributed by atoms with Crippen molar-refractivity contribution in [2.24, 2.45) is 0 Å². The number of hydrogen-bond acceptors (Lipinski definition) is 4. The number of rotatable bonds is 5. The van der Waals surface area contributed by atoms with Crippen LogP contribution in [0.4, 0.5) is 5.13 Å². The third-order valence-electron chi connectivity index (χ3n) is 3.62. The smallest absolute Gasteiger partial charge is 0.261 e. The molecule has 0 fully saturated rings. The molecule has 122 valence electrons. The lowest BCUT2D eigenvalue weighted by atomic mass is 10.2. The van der Waals surface area contributed by atoms with E-state index in [0.29, 0.717) is 11.7 Å². The third kappa shape index (κ3) is 3.32. The lowest BCUT2D eigenvalue weighted by Gasteiger charge is -2.17. The lowest BCUT2D eigenvalue weighted by molar-refractivity contribution is 0.0989. The molecule has 3 rings (SSSR count). The number of thiazole rings is 1. The van der Waals surface area contributed by atoms with E-state index in [1.165, 1.54) is 11.3 Å². The van der Waals surface area contributed by atoms with Crippen LogP contribution in [-0.4, -0.2) is 17.4 Å². The lowest BCUT2D eigenvalue weighted by Crippen LogP contribution is -2.31. The highest BCUT2D eigenvalue weighted by Gasteiger charge is 2.22. The Morgan fingerprint density at radius 3 is 2.67 bits per heavy atom. The van der Waals surface area contributed by atoms with Crippen molar-refractivity contribution in [3.05, 3.63) is 69.8 Å². The van der Waals surface area contributed by atoms with Gasteiger partial charge >= 0.3 is 0 Å². The first-order valence-corrected chi connectivity index (χ1v) is 9.30. The Balaban J connectivity index is 1.94. The van der Waals surface area contributed by atoms with Crippen LogP contribution in [0.15, 0.2) is 54.4 Å². The maximum absolute atomic E-state index is 13.0. The van der Waals surface area contributed by atoms with Gasteiger partial charge in [0.25, 0.3) is 5.91 Å². The molecule has 0 spiro atoms. The first-order valence-electron chi connectivity index (χ1n) is 7.61. The zero-order chi connectivity index (χ0) is 17.1. The maximum atomic E-state index is 13.0. The van der Waals surface area contributed by atoms with E-state index in [1.54, 1.807) is 22.3 Å². The van der Waals surface area contributed by atoms with Crippen LogP contribution in [0.2, 0.25) is 0 Å². The highest BCUT2D eigenvalue weighted by Crippen LogP contribution is 2.30. The number of carbonyl (C=O) groups excluding carboxylic acids is 1. The van der Waals surface area contributed by atoms with Crippen LogP contribution < -0.4 is 4.90 Å². The Bertz CT molecular complexity index is 865.